The van der Waals surface area contributed by atoms with Gasteiger partial charge in [-0.25, -0.2) is 9.07 Å². The van der Waals surface area contributed by atoms with Crippen molar-refractivity contribution in [3.8, 4) is 0 Å². The van der Waals surface area contributed by atoms with Crippen LogP contribution in [0.5, 0.6) is 0 Å². The number of anilines is 1. The number of aryl methyl sites for hydroxylation is 2. The molecule has 0 spiro atoms. The summed E-state index contributed by atoms with van der Waals surface area (Å²) < 4.78 is 15.3. The van der Waals surface area contributed by atoms with E-state index in [1.165, 1.54) is 10.7 Å². The molecule has 1 amide bonds. The number of halogens is 1. The molecule has 0 bridgehead atoms. The van der Waals surface area contributed by atoms with E-state index in [2.05, 4.69) is 5.10 Å². The lowest BCUT2D eigenvalue weighted by atomic mass is 10.1. The Morgan fingerprint density at radius 1 is 1.26 bits per heavy atom. The van der Waals surface area contributed by atoms with Crippen molar-refractivity contribution in [2.24, 2.45) is 7.05 Å². The number of nitro groups is 1. The van der Waals surface area contributed by atoms with Crippen molar-refractivity contribution in [2.75, 3.05) is 31.1 Å². The van der Waals surface area contributed by atoms with E-state index in [0.717, 1.165) is 0 Å². The summed E-state index contributed by atoms with van der Waals surface area (Å²) in [5.41, 5.74) is 0.862. The van der Waals surface area contributed by atoms with E-state index in [1.807, 2.05) is 11.8 Å². The van der Waals surface area contributed by atoms with E-state index >= 15 is 0 Å². The third-order valence-corrected chi connectivity index (χ3v) is 4.81. The zero-order valence-electron chi connectivity index (χ0n) is 15.4. The van der Waals surface area contributed by atoms with Gasteiger partial charge in [0.2, 0.25) is 11.7 Å². The van der Waals surface area contributed by atoms with Crippen LogP contribution < -0.4 is 4.90 Å². The fraction of sp³-hybridized carbons (Fsp3) is 0.444. The van der Waals surface area contributed by atoms with Crippen molar-refractivity contribution >= 4 is 17.4 Å². The van der Waals surface area contributed by atoms with Crippen LogP contribution in [0.1, 0.15) is 18.2 Å². The van der Waals surface area contributed by atoms with Crippen LogP contribution in [0.25, 0.3) is 0 Å². The van der Waals surface area contributed by atoms with Gasteiger partial charge in [0.15, 0.2) is 0 Å². The van der Waals surface area contributed by atoms with Crippen LogP contribution in [-0.4, -0.2) is 51.7 Å². The Bertz CT molecular complexity index is 859. The molecule has 0 unspecified atom stereocenters. The predicted molar refractivity (Wildman–Crippen MR) is 98.1 cm³/mol. The Kier molecular flexibility index (Phi) is 5.38. The molecule has 144 valence electrons. The monoisotopic (exact) mass is 375 g/mol. The summed E-state index contributed by atoms with van der Waals surface area (Å²) in [4.78, 5) is 27.1. The lowest BCUT2D eigenvalue weighted by Gasteiger charge is -2.35. The van der Waals surface area contributed by atoms with Gasteiger partial charge in [0, 0.05) is 33.2 Å². The second-order valence-corrected chi connectivity index (χ2v) is 6.49. The van der Waals surface area contributed by atoms with Gasteiger partial charge < -0.3 is 9.80 Å². The van der Waals surface area contributed by atoms with Crippen LogP contribution in [0.2, 0.25) is 0 Å². The minimum atomic E-state index is -0.392. The molecule has 0 radical (unpaired) electrons. The van der Waals surface area contributed by atoms with Gasteiger partial charge in [-0.1, -0.05) is 25.1 Å². The number of hydrogen-bond donors (Lipinski definition) is 0. The molecule has 2 aromatic rings. The topological polar surface area (TPSA) is 84.5 Å². The van der Waals surface area contributed by atoms with Gasteiger partial charge in [0.05, 0.1) is 11.3 Å². The van der Waals surface area contributed by atoms with Crippen molar-refractivity contribution < 1.29 is 14.1 Å². The molecule has 1 aromatic carbocycles. The Morgan fingerprint density at radius 2 is 1.93 bits per heavy atom. The SMILES string of the molecule is CCc1nn(C)c(N2CCN(C(=O)Cc3ccccc3F)CC2)c1[N+](=O)[O-]. The molecule has 8 nitrogen and oxygen atoms in total. The average molecular weight is 375 g/mol. The van der Waals surface area contributed by atoms with E-state index in [4.69, 9.17) is 0 Å². The summed E-state index contributed by atoms with van der Waals surface area (Å²) in [6.45, 7) is 3.62. The highest BCUT2D eigenvalue weighted by Crippen LogP contribution is 2.32. The van der Waals surface area contributed by atoms with Gasteiger partial charge in [-0.05, 0) is 18.1 Å². The smallest absolute Gasteiger partial charge is 0.334 e. The quantitative estimate of drug-likeness (QED) is 0.589. The summed E-state index contributed by atoms with van der Waals surface area (Å²) in [7, 11) is 1.69. The van der Waals surface area contributed by atoms with Crippen LogP contribution >= 0.6 is 0 Å². The molecule has 0 atom stereocenters. The molecule has 1 aliphatic rings. The van der Waals surface area contributed by atoms with Crippen molar-refractivity contribution in [3.63, 3.8) is 0 Å². The lowest BCUT2D eigenvalue weighted by Crippen LogP contribution is -2.49. The number of benzene rings is 1. The van der Waals surface area contributed by atoms with Crippen molar-refractivity contribution in [2.45, 2.75) is 19.8 Å². The standard InChI is InChI=1S/C18H22FN5O3/c1-3-15-17(24(26)27)18(21(2)20-15)23-10-8-22(9-11-23)16(25)12-13-6-4-5-7-14(13)19/h4-7H,3,8-12H2,1-2H3. The zero-order valence-corrected chi connectivity index (χ0v) is 15.4. The molecule has 0 N–H and O–H groups in total. The Morgan fingerprint density at radius 3 is 2.52 bits per heavy atom. The number of piperazine rings is 1. The molecule has 9 heteroatoms. The molecule has 1 aromatic heterocycles. The molecule has 0 saturated carbocycles. The largest absolute Gasteiger partial charge is 0.348 e. The third-order valence-electron chi connectivity index (χ3n) is 4.81. The Hall–Kier alpha value is -2.97. The second kappa shape index (κ2) is 7.73. The molecule has 0 aliphatic carbocycles. The first-order valence-electron chi connectivity index (χ1n) is 8.88. The van der Waals surface area contributed by atoms with Crippen molar-refractivity contribution in [1.82, 2.24) is 14.7 Å². The molecular weight excluding hydrogens is 353 g/mol. The summed E-state index contributed by atoms with van der Waals surface area (Å²) in [6, 6.07) is 6.24. The van der Waals surface area contributed by atoms with Crippen LogP contribution in [0, 0.1) is 15.9 Å². The van der Waals surface area contributed by atoms with Crippen LogP contribution in [0.3, 0.4) is 0 Å². The maximum absolute atomic E-state index is 13.7. The van der Waals surface area contributed by atoms with Crippen molar-refractivity contribution in [3.05, 3.63) is 51.5 Å². The van der Waals surface area contributed by atoms with E-state index in [1.54, 1.807) is 30.1 Å². The molecule has 27 heavy (non-hydrogen) atoms. The molecule has 2 heterocycles. The predicted octanol–water partition coefficient (Wildman–Crippen LogP) is 1.92. The Labute approximate surface area is 156 Å². The van der Waals surface area contributed by atoms with Crippen LogP contribution in [-0.2, 0) is 24.7 Å². The van der Waals surface area contributed by atoms with Gasteiger partial charge >= 0.3 is 5.69 Å². The summed E-state index contributed by atoms with van der Waals surface area (Å²) in [6.07, 6.45) is 0.490. The van der Waals surface area contributed by atoms with Crippen molar-refractivity contribution in [1.29, 1.82) is 0 Å². The lowest BCUT2D eigenvalue weighted by molar-refractivity contribution is -0.384. The number of nitrogens with zero attached hydrogens (tertiary/aromatic N) is 5. The van der Waals surface area contributed by atoms with Gasteiger partial charge in [-0.3, -0.25) is 14.9 Å². The van der Waals surface area contributed by atoms with Gasteiger partial charge in [-0.15, -0.1) is 0 Å². The first-order valence-corrected chi connectivity index (χ1v) is 8.88. The van der Waals surface area contributed by atoms with E-state index < -0.39 is 4.92 Å². The first-order chi connectivity index (χ1) is 12.9. The third kappa shape index (κ3) is 3.76. The van der Waals surface area contributed by atoms with Gasteiger partial charge in [0.1, 0.15) is 11.5 Å². The summed E-state index contributed by atoms with van der Waals surface area (Å²) in [5, 5.41) is 15.7. The van der Waals surface area contributed by atoms with E-state index in [-0.39, 0.29) is 23.8 Å². The number of hydrogen-bond acceptors (Lipinski definition) is 5. The fourth-order valence-corrected chi connectivity index (χ4v) is 3.42. The highest BCUT2D eigenvalue weighted by Gasteiger charge is 2.32. The molecular formula is C18H22FN5O3. The number of rotatable bonds is 5. The Balaban J connectivity index is 1.69. The maximum atomic E-state index is 13.7. The minimum absolute atomic E-state index is 0.0124. The van der Waals surface area contributed by atoms with Gasteiger partial charge in [-0.2, -0.15) is 5.10 Å². The first kappa shape index (κ1) is 18.8. The number of aromatic nitrogens is 2. The normalized spacial score (nSPS) is 14.5. The molecule has 1 saturated heterocycles. The van der Waals surface area contributed by atoms with E-state index in [9.17, 15) is 19.3 Å². The van der Waals surface area contributed by atoms with Gasteiger partial charge in [0.25, 0.3) is 0 Å². The average Bonchev–Trinajstić information content (AvgIpc) is 3.00. The zero-order chi connectivity index (χ0) is 19.6. The number of carbonyl (C=O) groups excluding carboxylic acids is 1. The molecule has 3 rings (SSSR count). The highest BCUT2D eigenvalue weighted by atomic mass is 19.1. The number of carbonyl (C=O) groups is 1. The maximum Gasteiger partial charge on any atom is 0.334 e. The van der Waals surface area contributed by atoms with Crippen LogP contribution in [0.4, 0.5) is 15.9 Å². The molecule has 1 fully saturated rings. The summed E-state index contributed by atoms with van der Waals surface area (Å²) in [5.74, 6) is -0.0614. The van der Waals surface area contributed by atoms with Crippen LogP contribution in [0.15, 0.2) is 24.3 Å². The fourth-order valence-electron chi connectivity index (χ4n) is 3.42. The second-order valence-electron chi connectivity index (χ2n) is 6.49. The van der Waals surface area contributed by atoms with E-state index in [0.29, 0.717) is 49.7 Å². The summed E-state index contributed by atoms with van der Waals surface area (Å²) >= 11 is 0. The number of amides is 1. The molecule has 1 aliphatic heterocycles. The minimum Gasteiger partial charge on any atom is -0.348 e. The highest BCUT2D eigenvalue weighted by molar-refractivity contribution is 5.79.